The second-order valence-corrected chi connectivity index (χ2v) is 5.13. The molecule has 1 N–H and O–H groups in total. The Bertz CT molecular complexity index is 548. The Hall–Kier alpha value is -1.65. The van der Waals surface area contributed by atoms with E-state index < -0.39 is 0 Å². The molecule has 0 atom stereocenters. The van der Waals surface area contributed by atoms with E-state index in [2.05, 4.69) is 22.2 Å². The largest absolute Gasteiger partial charge is 0.476 e. The lowest BCUT2D eigenvalue weighted by Gasteiger charge is -2.09. The van der Waals surface area contributed by atoms with E-state index in [4.69, 9.17) is 16.3 Å². The number of rotatable bonds is 8. The molecule has 0 spiro atoms. The first-order valence-corrected chi connectivity index (χ1v) is 7.55. The number of aromatic nitrogens is 2. The number of nitrogens with one attached hydrogen (secondary N) is 1. The quantitative estimate of drug-likeness (QED) is 0.761. The van der Waals surface area contributed by atoms with E-state index in [0.29, 0.717) is 17.5 Å². The van der Waals surface area contributed by atoms with Gasteiger partial charge in [-0.3, -0.25) is 4.98 Å². The van der Waals surface area contributed by atoms with Crippen LogP contribution in [0.3, 0.4) is 0 Å². The van der Waals surface area contributed by atoms with Gasteiger partial charge in [0.05, 0.1) is 6.61 Å². The average molecular weight is 306 g/mol. The summed E-state index contributed by atoms with van der Waals surface area (Å²) in [6, 6.07) is 7.73. The van der Waals surface area contributed by atoms with Gasteiger partial charge in [-0.1, -0.05) is 24.6 Å². The molecule has 0 bridgehead atoms. The van der Waals surface area contributed by atoms with E-state index in [-0.39, 0.29) is 0 Å². The summed E-state index contributed by atoms with van der Waals surface area (Å²) in [4.78, 5) is 8.52. The van der Waals surface area contributed by atoms with Gasteiger partial charge in [0.15, 0.2) is 0 Å². The third-order valence-corrected chi connectivity index (χ3v) is 3.21. The average Bonchev–Trinajstić information content (AvgIpc) is 2.51. The fourth-order valence-corrected chi connectivity index (χ4v) is 2.12. The lowest BCUT2D eigenvalue weighted by molar-refractivity contribution is 0.308. The second-order valence-electron chi connectivity index (χ2n) is 4.73. The molecule has 112 valence electrons. The Morgan fingerprint density at radius 1 is 1.29 bits per heavy atom. The summed E-state index contributed by atoms with van der Waals surface area (Å²) in [5.74, 6) is 0.479. The van der Waals surface area contributed by atoms with Gasteiger partial charge < -0.3 is 10.1 Å². The van der Waals surface area contributed by atoms with Gasteiger partial charge in [0, 0.05) is 31.1 Å². The molecule has 0 saturated carbocycles. The van der Waals surface area contributed by atoms with Crippen LogP contribution in [0, 0.1) is 0 Å². The predicted molar refractivity (Wildman–Crippen MR) is 84.7 cm³/mol. The monoisotopic (exact) mass is 305 g/mol. The number of pyridine rings is 2. The fraction of sp³-hybridized carbons (Fsp3) is 0.375. The van der Waals surface area contributed by atoms with Crippen molar-refractivity contribution in [2.24, 2.45) is 0 Å². The maximum absolute atomic E-state index is 6.19. The highest BCUT2D eigenvalue weighted by molar-refractivity contribution is 6.31. The zero-order valence-electron chi connectivity index (χ0n) is 12.2. The van der Waals surface area contributed by atoms with Crippen molar-refractivity contribution >= 4 is 11.6 Å². The van der Waals surface area contributed by atoms with Crippen molar-refractivity contribution in [1.82, 2.24) is 15.3 Å². The first-order chi connectivity index (χ1) is 10.3. The van der Waals surface area contributed by atoms with Crippen molar-refractivity contribution in [3.63, 3.8) is 0 Å². The Kier molecular flexibility index (Phi) is 6.44. The fourth-order valence-electron chi connectivity index (χ4n) is 1.88. The molecule has 5 heteroatoms. The summed E-state index contributed by atoms with van der Waals surface area (Å²) < 4.78 is 5.62. The molecule has 0 unspecified atom stereocenters. The van der Waals surface area contributed by atoms with Crippen LogP contribution in [0.5, 0.6) is 5.88 Å². The molecule has 2 aromatic rings. The van der Waals surface area contributed by atoms with Crippen LogP contribution >= 0.6 is 11.6 Å². The highest BCUT2D eigenvalue weighted by Crippen LogP contribution is 2.22. The van der Waals surface area contributed by atoms with Gasteiger partial charge in [-0.05, 0) is 36.7 Å². The zero-order chi connectivity index (χ0) is 14.9. The van der Waals surface area contributed by atoms with Crippen LogP contribution in [-0.4, -0.2) is 23.1 Å². The number of halogens is 1. The molecule has 2 aromatic heterocycles. The summed E-state index contributed by atoms with van der Waals surface area (Å²) in [5.41, 5.74) is 2.06. The lowest BCUT2D eigenvalue weighted by Crippen LogP contribution is -2.14. The molecule has 0 aliphatic heterocycles. The van der Waals surface area contributed by atoms with E-state index in [1.807, 2.05) is 24.3 Å². The van der Waals surface area contributed by atoms with E-state index >= 15 is 0 Å². The van der Waals surface area contributed by atoms with Gasteiger partial charge in [-0.25, -0.2) is 4.98 Å². The van der Waals surface area contributed by atoms with Gasteiger partial charge in [-0.15, -0.1) is 0 Å². The Morgan fingerprint density at radius 3 is 2.90 bits per heavy atom. The van der Waals surface area contributed by atoms with Gasteiger partial charge in [-0.2, -0.15) is 0 Å². The Labute approximate surface area is 130 Å². The van der Waals surface area contributed by atoms with Crippen molar-refractivity contribution in [2.75, 3.05) is 13.2 Å². The molecular weight excluding hydrogens is 286 g/mol. The molecule has 0 amide bonds. The van der Waals surface area contributed by atoms with Crippen LogP contribution in [0.15, 0.2) is 36.7 Å². The molecular formula is C16H20ClN3O. The molecule has 0 saturated heterocycles. The summed E-state index contributed by atoms with van der Waals surface area (Å²) in [5, 5.41) is 3.86. The van der Waals surface area contributed by atoms with Crippen LogP contribution in [0.2, 0.25) is 5.02 Å². The first kappa shape index (κ1) is 15.7. The minimum Gasteiger partial charge on any atom is -0.476 e. The standard InChI is InChI=1S/C16H20ClN3O/c1-2-7-18-11-13-10-15(17)16(20-12-13)21-9-6-14-5-3-4-8-19-14/h3-5,8,10,12,18H,2,6-7,9,11H2,1H3. The maximum Gasteiger partial charge on any atom is 0.232 e. The first-order valence-electron chi connectivity index (χ1n) is 7.17. The van der Waals surface area contributed by atoms with Gasteiger partial charge >= 0.3 is 0 Å². The molecule has 0 radical (unpaired) electrons. The minimum atomic E-state index is 0.479. The molecule has 2 rings (SSSR count). The van der Waals surface area contributed by atoms with Crippen LogP contribution in [0.4, 0.5) is 0 Å². The maximum atomic E-state index is 6.19. The van der Waals surface area contributed by atoms with Gasteiger partial charge in [0.25, 0.3) is 0 Å². The molecule has 0 aliphatic carbocycles. The van der Waals surface area contributed by atoms with Gasteiger partial charge in [0.1, 0.15) is 5.02 Å². The third-order valence-electron chi connectivity index (χ3n) is 2.94. The number of hydrogen-bond acceptors (Lipinski definition) is 4. The van der Waals surface area contributed by atoms with Crippen LogP contribution < -0.4 is 10.1 Å². The molecule has 21 heavy (non-hydrogen) atoms. The summed E-state index contributed by atoms with van der Waals surface area (Å²) in [6.45, 7) is 4.41. The highest BCUT2D eigenvalue weighted by atomic mass is 35.5. The van der Waals surface area contributed by atoms with E-state index in [9.17, 15) is 0 Å². The summed E-state index contributed by atoms with van der Waals surface area (Å²) in [7, 11) is 0. The van der Waals surface area contributed by atoms with Crippen LogP contribution in [-0.2, 0) is 13.0 Å². The highest BCUT2D eigenvalue weighted by Gasteiger charge is 2.05. The predicted octanol–water partition coefficient (Wildman–Crippen LogP) is 3.25. The molecule has 2 heterocycles. The zero-order valence-corrected chi connectivity index (χ0v) is 12.9. The van der Waals surface area contributed by atoms with E-state index in [1.54, 1.807) is 12.4 Å². The molecule has 0 aromatic carbocycles. The Morgan fingerprint density at radius 2 is 2.19 bits per heavy atom. The number of ether oxygens (including phenoxy) is 1. The molecule has 0 aliphatic rings. The van der Waals surface area contributed by atoms with Crippen molar-refractivity contribution in [3.05, 3.63) is 52.9 Å². The normalized spacial score (nSPS) is 10.6. The summed E-state index contributed by atoms with van der Waals surface area (Å²) >= 11 is 6.19. The molecule has 0 fully saturated rings. The smallest absolute Gasteiger partial charge is 0.232 e. The lowest BCUT2D eigenvalue weighted by atomic mass is 10.3. The van der Waals surface area contributed by atoms with Crippen molar-refractivity contribution in [3.8, 4) is 5.88 Å². The topological polar surface area (TPSA) is 47.0 Å². The van der Waals surface area contributed by atoms with Crippen LogP contribution in [0.25, 0.3) is 0 Å². The minimum absolute atomic E-state index is 0.479. The number of nitrogens with zero attached hydrogens (tertiary/aromatic N) is 2. The van der Waals surface area contributed by atoms with Gasteiger partial charge in [0.2, 0.25) is 5.88 Å². The summed E-state index contributed by atoms with van der Waals surface area (Å²) in [6.07, 6.45) is 5.41. The second kappa shape index (κ2) is 8.60. The van der Waals surface area contributed by atoms with Crippen molar-refractivity contribution in [2.45, 2.75) is 26.3 Å². The van der Waals surface area contributed by atoms with Crippen molar-refractivity contribution < 1.29 is 4.74 Å². The van der Waals surface area contributed by atoms with E-state index in [0.717, 1.165) is 37.2 Å². The van der Waals surface area contributed by atoms with Crippen LogP contribution in [0.1, 0.15) is 24.6 Å². The number of hydrogen-bond donors (Lipinski definition) is 1. The Balaban J connectivity index is 1.83. The molecule has 4 nitrogen and oxygen atoms in total. The third kappa shape index (κ3) is 5.33. The van der Waals surface area contributed by atoms with Crippen molar-refractivity contribution in [1.29, 1.82) is 0 Å². The SMILES string of the molecule is CCCNCc1cnc(OCCc2ccccn2)c(Cl)c1. The van der Waals surface area contributed by atoms with E-state index in [1.165, 1.54) is 0 Å².